The third-order valence-electron chi connectivity index (χ3n) is 3.93. The van der Waals surface area contributed by atoms with Gasteiger partial charge in [0.2, 0.25) is 5.91 Å². The molecule has 1 aliphatic heterocycles. The van der Waals surface area contributed by atoms with Crippen LogP contribution in [0.4, 0.5) is 17.2 Å². The zero-order valence-corrected chi connectivity index (χ0v) is 14.4. The molecule has 0 saturated carbocycles. The number of hydrogen-bond donors (Lipinski definition) is 2. The predicted octanol–water partition coefficient (Wildman–Crippen LogP) is 2.72. The number of nitrogens with one attached hydrogen (secondary N) is 2. The fraction of sp³-hybridized carbons (Fsp3) is 0.333. The van der Waals surface area contributed by atoms with E-state index in [9.17, 15) is 9.59 Å². The summed E-state index contributed by atoms with van der Waals surface area (Å²) in [5, 5.41) is 5.89. The Morgan fingerprint density at radius 1 is 1.04 bits per heavy atom. The molecular weight excluding hydrogens is 318 g/mol. The molecule has 0 bridgehead atoms. The molecule has 0 aliphatic carbocycles. The summed E-state index contributed by atoms with van der Waals surface area (Å²) in [7, 11) is 0. The fourth-order valence-corrected chi connectivity index (χ4v) is 2.81. The monoisotopic (exact) mass is 339 g/mol. The maximum absolute atomic E-state index is 12.5. The number of amides is 2. The van der Waals surface area contributed by atoms with Gasteiger partial charge in [0, 0.05) is 37.5 Å². The molecule has 1 aromatic heterocycles. The largest absolute Gasteiger partial charge is 0.340 e. The lowest BCUT2D eigenvalue weighted by atomic mass is 10.2. The number of nitrogens with zero attached hydrogens (tertiary/aromatic N) is 3. The Hall–Kier alpha value is -2.96. The topological polar surface area (TPSA) is 87.2 Å². The van der Waals surface area contributed by atoms with E-state index in [0.29, 0.717) is 17.3 Å². The lowest BCUT2D eigenvalue weighted by Crippen LogP contribution is -2.28. The molecule has 3 rings (SSSR count). The van der Waals surface area contributed by atoms with E-state index in [4.69, 9.17) is 0 Å². The lowest BCUT2D eigenvalue weighted by Gasteiger charge is -2.15. The van der Waals surface area contributed by atoms with Crippen molar-refractivity contribution >= 4 is 29.0 Å². The molecular formula is C18H21N5O2. The van der Waals surface area contributed by atoms with Crippen LogP contribution in [-0.4, -0.2) is 39.8 Å². The molecule has 1 aromatic carbocycles. The molecule has 1 saturated heterocycles. The minimum absolute atomic E-state index is 0.0490. The fourth-order valence-electron chi connectivity index (χ4n) is 2.81. The molecule has 0 radical (unpaired) electrons. The van der Waals surface area contributed by atoms with Gasteiger partial charge in [0.1, 0.15) is 17.3 Å². The van der Waals surface area contributed by atoms with Crippen LogP contribution >= 0.6 is 0 Å². The van der Waals surface area contributed by atoms with Crippen LogP contribution in [0.2, 0.25) is 0 Å². The van der Waals surface area contributed by atoms with Crippen LogP contribution in [0, 0.1) is 6.92 Å². The molecule has 2 amide bonds. The Morgan fingerprint density at radius 2 is 1.68 bits per heavy atom. The van der Waals surface area contributed by atoms with Gasteiger partial charge >= 0.3 is 0 Å². The number of aryl methyl sites for hydroxylation is 1. The van der Waals surface area contributed by atoms with Crippen molar-refractivity contribution in [2.45, 2.75) is 26.7 Å². The van der Waals surface area contributed by atoms with E-state index < -0.39 is 0 Å². The van der Waals surface area contributed by atoms with Crippen molar-refractivity contribution in [1.29, 1.82) is 0 Å². The third kappa shape index (κ3) is 4.32. The molecule has 2 heterocycles. The van der Waals surface area contributed by atoms with Crippen LogP contribution in [0.25, 0.3) is 0 Å². The van der Waals surface area contributed by atoms with Gasteiger partial charge in [-0.25, -0.2) is 9.97 Å². The van der Waals surface area contributed by atoms with Crippen molar-refractivity contribution in [2.75, 3.05) is 23.7 Å². The predicted molar refractivity (Wildman–Crippen MR) is 95.9 cm³/mol. The van der Waals surface area contributed by atoms with Crippen LogP contribution < -0.4 is 10.6 Å². The van der Waals surface area contributed by atoms with Gasteiger partial charge in [-0.15, -0.1) is 0 Å². The Balaban J connectivity index is 1.76. The van der Waals surface area contributed by atoms with Crippen LogP contribution in [-0.2, 0) is 4.79 Å². The number of likely N-dealkylation sites (tertiary alicyclic amines) is 1. The number of carbonyl (C=O) groups is 2. The van der Waals surface area contributed by atoms with E-state index in [-0.39, 0.29) is 11.8 Å². The molecule has 130 valence electrons. The molecule has 0 spiro atoms. The van der Waals surface area contributed by atoms with Crippen molar-refractivity contribution < 1.29 is 9.59 Å². The highest BCUT2D eigenvalue weighted by Crippen LogP contribution is 2.19. The minimum atomic E-state index is -0.114. The first-order valence-electron chi connectivity index (χ1n) is 8.31. The summed E-state index contributed by atoms with van der Waals surface area (Å²) in [6.07, 6.45) is 2.09. The second-order valence-electron chi connectivity index (χ2n) is 6.07. The Morgan fingerprint density at radius 3 is 2.32 bits per heavy atom. The Labute approximate surface area is 146 Å². The molecule has 0 unspecified atom stereocenters. The van der Waals surface area contributed by atoms with Gasteiger partial charge in [-0.2, -0.15) is 0 Å². The highest BCUT2D eigenvalue weighted by molar-refractivity contribution is 5.93. The second kappa shape index (κ2) is 7.29. The van der Waals surface area contributed by atoms with Gasteiger partial charge in [0.05, 0.1) is 0 Å². The number of rotatable bonds is 4. The van der Waals surface area contributed by atoms with Gasteiger partial charge in [0.25, 0.3) is 5.91 Å². The van der Waals surface area contributed by atoms with Crippen molar-refractivity contribution in [3.05, 3.63) is 41.9 Å². The van der Waals surface area contributed by atoms with Crippen molar-refractivity contribution in [2.24, 2.45) is 0 Å². The molecule has 0 atom stereocenters. The number of hydrogen-bond acceptors (Lipinski definition) is 5. The highest BCUT2D eigenvalue weighted by Gasteiger charge is 2.21. The quantitative estimate of drug-likeness (QED) is 0.894. The van der Waals surface area contributed by atoms with Crippen LogP contribution in [0.1, 0.15) is 36.1 Å². The van der Waals surface area contributed by atoms with Gasteiger partial charge in [0.15, 0.2) is 0 Å². The summed E-state index contributed by atoms with van der Waals surface area (Å²) in [4.78, 5) is 34.0. The number of benzene rings is 1. The van der Waals surface area contributed by atoms with Crippen molar-refractivity contribution in [1.82, 2.24) is 14.9 Å². The van der Waals surface area contributed by atoms with Gasteiger partial charge in [-0.1, -0.05) is 0 Å². The van der Waals surface area contributed by atoms with Gasteiger partial charge < -0.3 is 15.5 Å². The van der Waals surface area contributed by atoms with Crippen LogP contribution in [0.15, 0.2) is 30.3 Å². The maximum atomic E-state index is 12.5. The molecule has 7 nitrogen and oxygen atoms in total. The highest BCUT2D eigenvalue weighted by atomic mass is 16.2. The zero-order chi connectivity index (χ0) is 17.8. The number of carbonyl (C=O) groups excluding carboxylic acids is 2. The average Bonchev–Trinajstić information content (AvgIpc) is 3.09. The smallest absolute Gasteiger partial charge is 0.272 e. The standard InChI is InChI=1S/C18H21N5O2/c1-12-19-16(18(25)23-9-3-4-10-23)11-17(20-12)22-15-7-5-14(6-8-15)21-13(2)24/h5-8,11H,3-4,9-10H2,1-2H3,(H,21,24)(H,19,20,22). The SMILES string of the molecule is CC(=O)Nc1ccc(Nc2cc(C(=O)N3CCCC3)nc(C)n2)cc1. The van der Waals surface area contributed by atoms with E-state index in [1.165, 1.54) is 6.92 Å². The first-order valence-corrected chi connectivity index (χ1v) is 8.31. The van der Waals surface area contributed by atoms with E-state index in [1.807, 2.05) is 17.0 Å². The van der Waals surface area contributed by atoms with E-state index in [0.717, 1.165) is 37.3 Å². The first kappa shape index (κ1) is 16.9. The third-order valence-corrected chi connectivity index (χ3v) is 3.93. The van der Waals surface area contributed by atoms with Crippen LogP contribution in [0.3, 0.4) is 0 Å². The summed E-state index contributed by atoms with van der Waals surface area (Å²) < 4.78 is 0. The summed E-state index contributed by atoms with van der Waals surface area (Å²) in [6, 6.07) is 8.95. The zero-order valence-electron chi connectivity index (χ0n) is 14.4. The number of aromatic nitrogens is 2. The van der Waals surface area contributed by atoms with Gasteiger partial charge in [-0.05, 0) is 44.0 Å². The normalized spacial score (nSPS) is 13.6. The second-order valence-corrected chi connectivity index (χ2v) is 6.07. The Bertz CT molecular complexity index is 783. The Kier molecular flexibility index (Phi) is 4.92. The lowest BCUT2D eigenvalue weighted by molar-refractivity contribution is -0.114. The first-order chi connectivity index (χ1) is 12.0. The average molecular weight is 339 g/mol. The van der Waals surface area contributed by atoms with E-state index in [2.05, 4.69) is 20.6 Å². The molecule has 2 aromatic rings. The molecule has 2 N–H and O–H groups in total. The van der Waals surface area contributed by atoms with Crippen molar-refractivity contribution in [3.63, 3.8) is 0 Å². The molecule has 1 fully saturated rings. The summed E-state index contributed by atoms with van der Waals surface area (Å²) in [6.45, 7) is 4.81. The summed E-state index contributed by atoms with van der Waals surface area (Å²) in [5.41, 5.74) is 1.94. The maximum Gasteiger partial charge on any atom is 0.272 e. The number of anilines is 3. The van der Waals surface area contributed by atoms with Gasteiger partial charge in [-0.3, -0.25) is 9.59 Å². The summed E-state index contributed by atoms with van der Waals surface area (Å²) >= 11 is 0. The molecule has 7 heteroatoms. The summed E-state index contributed by atoms with van der Waals surface area (Å²) in [5.74, 6) is 0.953. The minimum Gasteiger partial charge on any atom is -0.340 e. The molecule has 25 heavy (non-hydrogen) atoms. The van der Waals surface area contributed by atoms with Crippen molar-refractivity contribution in [3.8, 4) is 0 Å². The molecule has 1 aliphatic rings. The van der Waals surface area contributed by atoms with E-state index in [1.54, 1.807) is 25.1 Å². The van der Waals surface area contributed by atoms with Crippen LogP contribution in [0.5, 0.6) is 0 Å². The van der Waals surface area contributed by atoms with E-state index >= 15 is 0 Å².